The van der Waals surface area contributed by atoms with Crippen LogP contribution in [0.15, 0.2) is 72.9 Å². The summed E-state index contributed by atoms with van der Waals surface area (Å²) in [6.45, 7) is 0.720. The number of benzene rings is 1. The van der Waals surface area contributed by atoms with Crippen molar-refractivity contribution >= 4 is 10.9 Å². The van der Waals surface area contributed by atoms with Gasteiger partial charge in [-0.2, -0.15) is 0 Å². The van der Waals surface area contributed by atoms with E-state index in [0.29, 0.717) is 17.9 Å². The number of aromatic nitrogens is 1. The summed E-state index contributed by atoms with van der Waals surface area (Å²) >= 11 is 0. The Morgan fingerprint density at radius 1 is 1.19 bits per heavy atom. The van der Waals surface area contributed by atoms with Crippen LogP contribution in [0.3, 0.4) is 0 Å². The number of halogens is 1. The van der Waals surface area contributed by atoms with E-state index in [9.17, 15) is 4.39 Å². The molecule has 0 bridgehead atoms. The van der Waals surface area contributed by atoms with E-state index < -0.39 is 0 Å². The molecule has 2 aliphatic carbocycles. The van der Waals surface area contributed by atoms with Gasteiger partial charge in [-0.15, -0.1) is 0 Å². The SMILES string of the molecule is Fc1ccc2[nH]cc(C3CCC(NCC(OC4=COC=CO4)C4=CC=CCC4)CC3)c2c1. The van der Waals surface area contributed by atoms with E-state index in [0.717, 1.165) is 56.0 Å². The quantitative estimate of drug-likeness (QED) is 0.567. The van der Waals surface area contributed by atoms with Crippen molar-refractivity contribution in [3.8, 4) is 0 Å². The molecule has 3 aliphatic rings. The minimum absolute atomic E-state index is 0.101. The van der Waals surface area contributed by atoms with E-state index >= 15 is 0 Å². The maximum absolute atomic E-state index is 13.8. The van der Waals surface area contributed by atoms with Gasteiger partial charge in [0.1, 0.15) is 24.4 Å². The summed E-state index contributed by atoms with van der Waals surface area (Å²) in [5.74, 6) is 0.668. The number of rotatable bonds is 7. The fraction of sp³-hybridized carbons (Fsp3) is 0.385. The van der Waals surface area contributed by atoms with Crippen molar-refractivity contribution in [1.29, 1.82) is 0 Å². The molecule has 0 amide bonds. The summed E-state index contributed by atoms with van der Waals surface area (Å²) < 4.78 is 30.5. The average molecular weight is 437 g/mol. The van der Waals surface area contributed by atoms with Crippen LogP contribution in [0.4, 0.5) is 4.39 Å². The summed E-state index contributed by atoms with van der Waals surface area (Å²) in [6, 6.07) is 5.43. The van der Waals surface area contributed by atoms with E-state index in [1.807, 2.05) is 6.07 Å². The molecule has 1 atom stereocenters. The lowest BCUT2D eigenvalue weighted by atomic mass is 9.81. The lowest BCUT2D eigenvalue weighted by Gasteiger charge is -2.31. The molecule has 1 saturated carbocycles. The smallest absolute Gasteiger partial charge is 0.321 e. The Balaban J connectivity index is 1.18. The summed E-state index contributed by atoms with van der Waals surface area (Å²) in [7, 11) is 0. The molecular weight excluding hydrogens is 407 g/mol. The molecule has 32 heavy (non-hydrogen) atoms. The Kier molecular flexibility index (Phi) is 6.30. The number of H-pyrrole nitrogens is 1. The topological polar surface area (TPSA) is 55.5 Å². The second-order valence-electron chi connectivity index (χ2n) is 8.67. The van der Waals surface area contributed by atoms with Crippen LogP contribution < -0.4 is 5.32 Å². The monoisotopic (exact) mass is 436 g/mol. The van der Waals surface area contributed by atoms with Crippen molar-refractivity contribution in [2.45, 2.75) is 56.6 Å². The minimum atomic E-state index is -0.176. The lowest BCUT2D eigenvalue weighted by Crippen LogP contribution is -2.39. The van der Waals surface area contributed by atoms with Gasteiger partial charge in [0, 0.05) is 29.7 Å². The molecule has 5 nitrogen and oxygen atoms in total. The molecule has 0 saturated heterocycles. The molecule has 2 N–H and O–H groups in total. The highest BCUT2D eigenvalue weighted by atomic mass is 19.1. The van der Waals surface area contributed by atoms with E-state index in [1.165, 1.54) is 36.0 Å². The lowest BCUT2D eigenvalue weighted by molar-refractivity contribution is 0.0211. The summed E-state index contributed by atoms with van der Waals surface area (Å²) in [4.78, 5) is 3.30. The van der Waals surface area contributed by atoms with Crippen molar-refractivity contribution in [3.63, 3.8) is 0 Å². The third kappa shape index (κ3) is 4.75. The third-order valence-electron chi connectivity index (χ3n) is 6.64. The van der Waals surface area contributed by atoms with Gasteiger partial charge in [-0.05, 0) is 73.8 Å². The molecule has 1 unspecified atom stereocenters. The van der Waals surface area contributed by atoms with Crippen molar-refractivity contribution in [1.82, 2.24) is 10.3 Å². The Morgan fingerprint density at radius 2 is 2.09 bits per heavy atom. The van der Waals surface area contributed by atoms with Gasteiger partial charge >= 0.3 is 5.95 Å². The standard InChI is InChI=1S/C26H29FN2O3/c27-20-8-11-24-22(14-20)23(15-29-24)18-6-9-21(10-7-18)28-16-25(19-4-2-1-3-5-19)32-26-17-30-12-13-31-26/h1-2,4,8,11-15,17-18,21,25,28-29H,3,5-7,9-10,16H2. The van der Waals surface area contributed by atoms with Gasteiger partial charge in [-0.3, -0.25) is 0 Å². The van der Waals surface area contributed by atoms with Gasteiger partial charge in [0.25, 0.3) is 0 Å². The fourth-order valence-electron chi connectivity index (χ4n) is 4.92. The van der Waals surface area contributed by atoms with Crippen molar-refractivity contribution in [3.05, 3.63) is 84.3 Å². The van der Waals surface area contributed by atoms with Crippen LogP contribution in [-0.2, 0) is 14.2 Å². The molecule has 6 heteroatoms. The van der Waals surface area contributed by atoms with Crippen LogP contribution in [0.1, 0.15) is 50.0 Å². The molecule has 1 aromatic carbocycles. The second-order valence-corrected chi connectivity index (χ2v) is 8.67. The number of allylic oxidation sites excluding steroid dienone is 3. The maximum atomic E-state index is 13.8. The number of aromatic amines is 1. The molecule has 2 heterocycles. The molecule has 168 valence electrons. The molecule has 2 aromatic rings. The van der Waals surface area contributed by atoms with E-state index in [1.54, 1.807) is 6.07 Å². The Hall–Kier alpha value is -2.99. The first-order chi connectivity index (χ1) is 15.8. The van der Waals surface area contributed by atoms with Crippen LogP contribution in [0.25, 0.3) is 10.9 Å². The number of nitrogens with one attached hydrogen (secondary N) is 2. The van der Waals surface area contributed by atoms with Crippen molar-refractivity contribution in [2.24, 2.45) is 0 Å². The molecule has 1 aromatic heterocycles. The maximum Gasteiger partial charge on any atom is 0.321 e. The summed E-state index contributed by atoms with van der Waals surface area (Å²) in [5, 5.41) is 4.74. The molecule has 0 radical (unpaired) electrons. The van der Waals surface area contributed by atoms with Crippen LogP contribution >= 0.6 is 0 Å². The normalized spacial score (nSPS) is 23.8. The van der Waals surface area contributed by atoms with Gasteiger partial charge in [0.15, 0.2) is 6.26 Å². The Bertz CT molecular complexity index is 1060. The highest BCUT2D eigenvalue weighted by Gasteiger charge is 2.26. The summed E-state index contributed by atoms with van der Waals surface area (Å²) in [5.41, 5.74) is 3.51. The zero-order valence-corrected chi connectivity index (χ0v) is 18.1. The summed E-state index contributed by atoms with van der Waals surface area (Å²) in [6.07, 6.45) is 19.2. The third-order valence-corrected chi connectivity index (χ3v) is 6.64. The van der Waals surface area contributed by atoms with E-state index in [-0.39, 0.29) is 11.9 Å². The highest BCUT2D eigenvalue weighted by Crippen LogP contribution is 2.37. The zero-order chi connectivity index (χ0) is 21.8. The molecule has 0 spiro atoms. The Morgan fingerprint density at radius 3 is 2.88 bits per heavy atom. The Labute approximate surface area is 187 Å². The van der Waals surface area contributed by atoms with Crippen LogP contribution in [0.2, 0.25) is 0 Å². The highest BCUT2D eigenvalue weighted by molar-refractivity contribution is 5.83. The van der Waals surface area contributed by atoms with Crippen molar-refractivity contribution in [2.75, 3.05) is 6.54 Å². The second kappa shape index (κ2) is 9.65. The van der Waals surface area contributed by atoms with Crippen LogP contribution in [0.5, 0.6) is 0 Å². The first-order valence-corrected chi connectivity index (χ1v) is 11.5. The van der Waals surface area contributed by atoms with E-state index in [4.69, 9.17) is 14.2 Å². The largest absolute Gasteiger partial charge is 0.462 e. The van der Waals surface area contributed by atoms with Gasteiger partial charge in [-0.25, -0.2) is 4.39 Å². The number of hydrogen-bond acceptors (Lipinski definition) is 4. The fourth-order valence-corrected chi connectivity index (χ4v) is 4.92. The average Bonchev–Trinajstić information content (AvgIpc) is 3.26. The zero-order valence-electron chi connectivity index (χ0n) is 18.1. The molecule has 1 fully saturated rings. The molecule has 5 rings (SSSR count). The minimum Gasteiger partial charge on any atom is -0.462 e. The van der Waals surface area contributed by atoms with Gasteiger partial charge < -0.3 is 24.5 Å². The van der Waals surface area contributed by atoms with Crippen LogP contribution in [-0.4, -0.2) is 23.7 Å². The van der Waals surface area contributed by atoms with Gasteiger partial charge in [0.05, 0.1) is 0 Å². The number of ether oxygens (including phenoxy) is 3. The first-order valence-electron chi connectivity index (χ1n) is 11.5. The number of hydrogen-bond donors (Lipinski definition) is 2. The van der Waals surface area contributed by atoms with Gasteiger partial charge in [-0.1, -0.05) is 18.2 Å². The van der Waals surface area contributed by atoms with Crippen molar-refractivity contribution < 1.29 is 18.6 Å². The van der Waals surface area contributed by atoms with Gasteiger partial charge in [0.2, 0.25) is 0 Å². The van der Waals surface area contributed by atoms with E-state index in [2.05, 4.69) is 34.7 Å². The predicted octanol–water partition coefficient (Wildman–Crippen LogP) is 5.90. The molecule has 1 aliphatic heterocycles. The number of fused-ring (bicyclic) bond motifs is 1. The molecular formula is C26H29FN2O3. The van der Waals surface area contributed by atoms with Crippen LogP contribution in [0, 0.1) is 5.82 Å². The predicted molar refractivity (Wildman–Crippen MR) is 122 cm³/mol. The first kappa shape index (κ1) is 20.9.